The zero-order chi connectivity index (χ0) is 16.8. The Kier molecular flexibility index (Phi) is 5.63. The highest BCUT2D eigenvalue weighted by Gasteiger charge is 2.08. The molecule has 2 aromatic rings. The summed E-state index contributed by atoms with van der Waals surface area (Å²) in [6, 6.07) is 11.6. The third-order valence-electron chi connectivity index (χ3n) is 3.90. The molecule has 0 spiro atoms. The number of rotatable bonds is 6. The van der Waals surface area contributed by atoms with E-state index in [1.165, 1.54) is 11.1 Å². The Morgan fingerprint density at radius 1 is 1.00 bits per heavy atom. The lowest BCUT2D eigenvalue weighted by molar-refractivity contribution is -0.120. The number of carbonyl (C=O) groups excluding carboxylic acids is 1. The van der Waals surface area contributed by atoms with Crippen molar-refractivity contribution in [1.82, 2.24) is 5.32 Å². The SMILES string of the molecule is COc1ccc(CC(=O)NCc2cc(C)c(C)cc2OC)cc1. The molecule has 2 aromatic carbocycles. The fraction of sp³-hybridized carbons (Fsp3) is 0.316. The molecule has 23 heavy (non-hydrogen) atoms. The number of hydrogen-bond acceptors (Lipinski definition) is 3. The van der Waals surface area contributed by atoms with Gasteiger partial charge in [-0.05, 0) is 48.7 Å². The van der Waals surface area contributed by atoms with E-state index in [-0.39, 0.29) is 5.91 Å². The van der Waals surface area contributed by atoms with E-state index in [2.05, 4.69) is 18.3 Å². The molecule has 1 N–H and O–H groups in total. The molecule has 0 saturated heterocycles. The Morgan fingerprint density at radius 2 is 1.65 bits per heavy atom. The Balaban J connectivity index is 1.97. The molecule has 0 heterocycles. The van der Waals surface area contributed by atoms with Crippen LogP contribution in [0.5, 0.6) is 11.5 Å². The predicted octanol–water partition coefficient (Wildman–Crippen LogP) is 3.18. The monoisotopic (exact) mass is 313 g/mol. The molecule has 0 aliphatic rings. The van der Waals surface area contributed by atoms with E-state index in [0.717, 1.165) is 22.6 Å². The lowest BCUT2D eigenvalue weighted by Crippen LogP contribution is -2.24. The van der Waals surface area contributed by atoms with E-state index in [1.807, 2.05) is 37.3 Å². The lowest BCUT2D eigenvalue weighted by Gasteiger charge is -2.13. The van der Waals surface area contributed by atoms with Crippen molar-refractivity contribution in [2.75, 3.05) is 14.2 Å². The minimum absolute atomic E-state index is 0.0181. The van der Waals surface area contributed by atoms with Gasteiger partial charge in [0.2, 0.25) is 5.91 Å². The minimum Gasteiger partial charge on any atom is -0.497 e. The molecule has 0 saturated carbocycles. The second-order valence-electron chi connectivity index (χ2n) is 5.55. The summed E-state index contributed by atoms with van der Waals surface area (Å²) in [5, 5.41) is 2.95. The van der Waals surface area contributed by atoms with Crippen molar-refractivity contribution in [1.29, 1.82) is 0 Å². The van der Waals surface area contributed by atoms with Gasteiger partial charge in [0.15, 0.2) is 0 Å². The van der Waals surface area contributed by atoms with Crippen molar-refractivity contribution >= 4 is 5.91 Å². The van der Waals surface area contributed by atoms with Crippen molar-refractivity contribution in [2.45, 2.75) is 26.8 Å². The summed E-state index contributed by atoms with van der Waals surface area (Å²) < 4.78 is 10.5. The first kappa shape index (κ1) is 16.9. The van der Waals surface area contributed by atoms with Gasteiger partial charge < -0.3 is 14.8 Å². The molecular weight excluding hydrogens is 290 g/mol. The van der Waals surface area contributed by atoms with Crippen molar-refractivity contribution in [3.63, 3.8) is 0 Å². The maximum atomic E-state index is 12.1. The van der Waals surface area contributed by atoms with E-state index >= 15 is 0 Å². The summed E-state index contributed by atoms with van der Waals surface area (Å²) >= 11 is 0. The summed E-state index contributed by atoms with van der Waals surface area (Å²) in [6.07, 6.45) is 0.344. The molecule has 0 unspecified atom stereocenters. The van der Waals surface area contributed by atoms with Crippen LogP contribution >= 0.6 is 0 Å². The molecule has 0 bridgehead atoms. The van der Waals surface area contributed by atoms with Gasteiger partial charge in [0.1, 0.15) is 11.5 Å². The number of amides is 1. The van der Waals surface area contributed by atoms with Gasteiger partial charge >= 0.3 is 0 Å². The van der Waals surface area contributed by atoms with Gasteiger partial charge in [-0.15, -0.1) is 0 Å². The Bertz CT molecular complexity index is 678. The molecule has 0 atom stereocenters. The maximum Gasteiger partial charge on any atom is 0.224 e. The summed E-state index contributed by atoms with van der Waals surface area (Å²) in [6.45, 7) is 4.56. The van der Waals surface area contributed by atoms with Gasteiger partial charge in [-0.1, -0.05) is 18.2 Å². The fourth-order valence-electron chi connectivity index (χ4n) is 2.36. The van der Waals surface area contributed by atoms with Gasteiger partial charge in [-0.25, -0.2) is 0 Å². The van der Waals surface area contributed by atoms with E-state index in [0.29, 0.717) is 13.0 Å². The number of hydrogen-bond donors (Lipinski definition) is 1. The summed E-state index contributed by atoms with van der Waals surface area (Å²) in [5.74, 6) is 1.57. The maximum absolute atomic E-state index is 12.1. The van der Waals surface area contributed by atoms with Gasteiger partial charge in [-0.3, -0.25) is 4.79 Å². The first-order valence-electron chi connectivity index (χ1n) is 7.57. The minimum atomic E-state index is -0.0181. The lowest BCUT2D eigenvalue weighted by atomic mass is 10.0. The molecule has 0 radical (unpaired) electrons. The summed E-state index contributed by atoms with van der Waals surface area (Å²) in [5.41, 5.74) is 4.30. The topological polar surface area (TPSA) is 47.6 Å². The fourth-order valence-corrected chi connectivity index (χ4v) is 2.36. The van der Waals surface area contributed by atoms with Gasteiger partial charge in [0.25, 0.3) is 0 Å². The number of methoxy groups -OCH3 is 2. The van der Waals surface area contributed by atoms with Crippen LogP contribution in [0.25, 0.3) is 0 Å². The number of aryl methyl sites for hydroxylation is 2. The van der Waals surface area contributed by atoms with Crippen LogP contribution in [0.2, 0.25) is 0 Å². The van der Waals surface area contributed by atoms with Crippen molar-refractivity contribution in [2.24, 2.45) is 0 Å². The molecule has 4 heteroatoms. The first-order chi connectivity index (χ1) is 11.0. The standard InChI is InChI=1S/C19H23NO3/c1-13-9-16(18(23-4)10-14(13)2)12-20-19(21)11-15-5-7-17(22-3)8-6-15/h5-10H,11-12H2,1-4H3,(H,20,21). The van der Waals surface area contributed by atoms with Gasteiger partial charge in [0.05, 0.1) is 20.6 Å². The second kappa shape index (κ2) is 7.68. The zero-order valence-electron chi connectivity index (χ0n) is 14.1. The normalized spacial score (nSPS) is 10.3. The zero-order valence-corrected chi connectivity index (χ0v) is 14.1. The number of carbonyl (C=O) groups is 1. The highest BCUT2D eigenvalue weighted by atomic mass is 16.5. The Labute approximate surface area is 137 Å². The van der Waals surface area contributed by atoms with Crippen LogP contribution in [0.15, 0.2) is 36.4 Å². The quantitative estimate of drug-likeness (QED) is 0.891. The van der Waals surface area contributed by atoms with Crippen LogP contribution in [0, 0.1) is 13.8 Å². The third kappa shape index (κ3) is 4.49. The predicted molar refractivity (Wildman–Crippen MR) is 91.0 cm³/mol. The number of benzene rings is 2. The van der Waals surface area contributed by atoms with Crippen LogP contribution in [-0.2, 0) is 17.8 Å². The van der Waals surface area contributed by atoms with Crippen LogP contribution in [-0.4, -0.2) is 20.1 Å². The van der Waals surface area contributed by atoms with E-state index in [9.17, 15) is 4.79 Å². The average molecular weight is 313 g/mol. The smallest absolute Gasteiger partial charge is 0.224 e. The molecular formula is C19H23NO3. The van der Waals surface area contributed by atoms with E-state index in [1.54, 1.807) is 14.2 Å². The Hall–Kier alpha value is -2.49. The number of nitrogens with one attached hydrogen (secondary N) is 1. The largest absolute Gasteiger partial charge is 0.497 e. The van der Waals surface area contributed by atoms with Crippen LogP contribution in [0.1, 0.15) is 22.3 Å². The molecule has 2 rings (SSSR count). The van der Waals surface area contributed by atoms with Crippen molar-refractivity contribution in [3.05, 3.63) is 58.7 Å². The van der Waals surface area contributed by atoms with Crippen LogP contribution in [0.3, 0.4) is 0 Å². The first-order valence-corrected chi connectivity index (χ1v) is 7.57. The van der Waals surface area contributed by atoms with Gasteiger partial charge in [0, 0.05) is 12.1 Å². The van der Waals surface area contributed by atoms with Gasteiger partial charge in [-0.2, -0.15) is 0 Å². The molecule has 1 amide bonds. The highest BCUT2D eigenvalue weighted by molar-refractivity contribution is 5.78. The van der Waals surface area contributed by atoms with E-state index in [4.69, 9.17) is 9.47 Å². The van der Waals surface area contributed by atoms with Crippen LogP contribution < -0.4 is 14.8 Å². The molecule has 0 aromatic heterocycles. The Morgan fingerprint density at radius 3 is 2.26 bits per heavy atom. The van der Waals surface area contributed by atoms with E-state index < -0.39 is 0 Å². The molecule has 0 aliphatic heterocycles. The molecule has 4 nitrogen and oxygen atoms in total. The number of ether oxygens (including phenoxy) is 2. The van der Waals surface area contributed by atoms with Crippen molar-refractivity contribution < 1.29 is 14.3 Å². The van der Waals surface area contributed by atoms with Crippen molar-refractivity contribution in [3.8, 4) is 11.5 Å². The summed E-state index contributed by atoms with van der Waals surface area (Å²) in [4.78, 5) is 12.1. The third-order valence-corrected chi connectivity index (χ3v) is 3.90. The molecule has 0 aliphatic carbocycles. The van der Waals surface area contributed by atoms with Crippen LogP contribution in [0.4, 0.5) is 0 Å². The molecule has 122 valence electrons. The molecule has 0 fully saturated rings. The highest BCUT2D eigenvalue weighted by Crippen LogP contribution is 2.22. The average Bonchev–Trinajstić information content (AvgIpc) is 2.56. The summed E-state index contributed by atoms with van der Waals surface area (Å²) in [7, 11) is 3.27. The second-order valence-corrected chi connectivity index (χ2v) is 5.55.